The topological polar surface area (TPSA) is 76.4 Å². The molecule has 0 saturated carbocycles. The number of nitrogens with one attached hydrogen (secondary N) is 1. The molecular weight excluding hydrogens is 301 g/mol. The first kappa shape index (κ1) is 17.1. The highest BCUT2D eigenvalue weighted by molar-refractivity contribution is 5.92. The summed E-state index contributed by atoms with van der Waals surface area (Å²) in [5, 5.41) is 16.1. The molecule has 1 aromatic carbocycles. The number of aliphatic hydroxyl groups excluding tert-OH is 1. The first-order chi connectivity index (χ1) is 11.0. The second kappa shape index (κ2) is 7.34. The number of halogens is 1. The number of aliphatic hydroxyl groups is 1. The highest BCUT2D eigenvalue weighted by Gasteiger charge is 2.27. The number of hydrogen-bond donors (Lipinski definition) is 2. The van der Waals surface area contributed by atoms with Crippen molar-refractivity contribution < 1.29 is 19.0 Å². The van der Waals surface area contributed by atoms with Crippen molar-refractivity contribution in [1.82, 2.24) is 15.1 Å². The van der Waals surface area contributed by atoms with Gasteiger partial charge in [-0.15, -0.1) is 0 Å². The van der Waals surface area contributed by atoms with Gasteiger partial charge in [-0.3, -0.25) is 4.79 Å². The van der Waals surface area contributed by atoms with Gasteiger partial charge in [-0.2, -0.15) is 5.10 Å². The van der Waals surface area contributed by atoms with E-state index < -0.39 is 5.54 Å². The van der Waals surface area contributed by atoms with Gasteiger partial charge in [0.15, 0.2) is 5.69 Å². The van der Waals surface area contributed by atoms with Gasteiger partial charge < -0.3 is 15.2 Å². The normalized spacial score (nSPS) is 13.6. The molecule has 7 heteroatoms. The highest BCUT2D eigenvalue weighted by Crippen LogP contribution is 2.12. The maximum Gasteiger partial charge on any atom is 0.272 e. The van der Waals surface area contributed by atoms with Crippen LogP contribution in [0.25, 0.3) is 5.69 Å². The molecule has 0 aliphatic carbocycles. The molecule has 1 heterocycles. The Kier molecular flexibility index (Phi) is 5.46. The van der Waals surface area contributed by atoms with Crippen LogP contribution in [-0.4, -0.2) is 46.7 Å². The Labute approximate surface area is 133 Å². The standard InChI is InChI=1S/C16H20FN3O3/c1-16(8-10-21,11-23-2)18-15(22)14-7-9-20(19-14)13-5-3-12(17)4-6-13/h3-7,9,21H,8,10-11H2,1-2H3,(H,18,22). The first-order valence-corrected chi connectivity index (χ1v) is 7.21. The molecule has 1 amide bonds. The third-order valence-electron chi connectivity index (χ3n) is 3.45. The van der Waals surface area contributed by atoms with E-state index in [0.717, 1.165) is 0 Å². The highest BCUT2D eigenvalue weighted by atomic mass is 19.1. The van der Waals surface area contributed by atoms with Gasteiger partial charge >= 0.3 is 0 Å². The van der Waals surface area contributed by atoms with Crippen molar-refractivity contribution in [2.75, 3.05) is 20.3 Å². The van der Waals surface area contributed by atoms with E-state index in [4.69, 9.17) is 9.84 Å². The van der Waals surface area contributed by atoms with Crippen molar-refractivity contribution in [2.24, 2.45) is 0 Å². The molecule has 1 aromatic heterocycles. The molecule has 2 rings (SSSR count). The largest absolute Gasteiger partial charge is 0.396 e. The van der Waals surface area contributed by atoms with Crippen LogP contribution in [-0.2, 0) is 4.74 Å². The van der Waals surface area contributed by atoms with E-state index in [-0.39, 0.29) is 30.6 Å². The van der Waals surface area contributed by atoms with Crippen LogP contribution in [0.2, 0.25) is 0 Å². The summed E-state index contributed by atoms with van der Waals surface area (Å²) in [6, 6.07) is 7.38. The van der Waals surface area contributed by atoms with Crippen LogP contribution in [0.1, 0.15) is 23.8 Å². The van der Waals surface area contributed by atoms with Crippen LogP contribution in [0, 0.1) is 5.82 Å². The molecule has 0 aliphatic heterocycles. The van der Waals surface area contributed by atoms with Gasteiger partial charge in [0.05, 0.1) is 17.8 Å². The fraction of sp³-hybridized carbons (Fsp3) is 0.375. The summed E-state index contributed by atoms with van der Waals surface area (Å²) >= 11 is 0. The SMILES string of the molecule is COCC(C)(CCO)NC(=O)c1ccn(-c2ccc(F)cc2)n1. The summed E-state index contributed by atoms with van der Waals surface area (Å²) in [4.78, 5) is 12.3. The van der Waals surface area contributed by atoms with E-state index in [1.807, 2.05) is 0 Å². The van der Waals surface area contributed by atoms with Crippen molar-refractivity contribution >= 4 is 5.91 Å². The molecule has 2 aromatic rings. The predicted octanol–water partition coefficient (Wildman–Crippen LogP) is 1.53. The Bertz CT molecular complexity index is 649. The van der Waals surface area contributed by atoms with E-state index in [1.54, 1.807) is 31.3 Å². The number of rotatable bonds is 7. The molecule has 1 unspecified atom stereocenters. The number of amides is 1. The zero-order chi connectivity index (χ0) is 16.9. The molecule has 0 radical (unpaired) electrons. The molecular formula is C16H20FN3O3. The average molecular weight is 321 g/mol. The van der Waals surface area contributed by atoms with Crippen molar-refractivity contribution in [3.63, 3.8) is 0 Å². The molecule has 23 heavy (non-hydrogen) atoms. The number of methoxy groups -OCH3 is 1. The minimum Gasteiger partial charge on any atom is -0.396 e. The average Bonchev–Trinajstić information content (AvgIpc) is 2.98. The summed E-state index contributed by atoms with van der Waals surface area (Å²) in [5.41, 5.74) is 0.204. The van der Waals surface area contributed by atoms with Crippen molar-refractivity contribution in [2.45, 2.75) is 18.9 Å². The quantitative estimate of drug-likeness (QED) is 0.811. The number of hydrogen-bond acceptors (Lipinski definition) is 4. The Morgan fingerprint density at radius 3 is 2.70 bits per heavy atom. The number of carbonyl (C=O) groups is 1. The lowest BCUT2D eigenvalue weighted by molar-refractivity contribution is 0.0721. The van der Waals surface area contributed by atoms with Gasteiger partial charge in [0.1, 0.15) is 5.82 Å². The number of nitrogens with zero attached hydrogens (tertiary/aromatic N) is 2. The van der Waals surface area contributed by atoms with Crippen LogP contribution in [0.3, 0.4) is 0 Å². The van der Waals surface area contributed by atoms with Gasteiger partial charge in [-0.25, -0.2) is 9.07 Å². The summed E-state index contributed by atoms with van der Waals surface area (Å²) < 4.78 is 19.5. The summed E-state index contributed by atoms with van der Waals surface area (Å²) in [6.45, 7) is 2.00. The maximum atomic E-state index is 12.9. The van der Waals surface area contributed by atoms with Gasteiger partial charge in [0, 0.05) is 19.9 Å². The van der Waals surface area contributed by atoms with Gasteiger partial charge in [0.2, 0.25) is 0 Å². The molecule has 1 atom stereocenters. The lowest BCUT2D eigenvalue weighted by Crippen LogP contribution is -2.50. The fourth-order valence-electron chi connectivity index (χ4n) is 2.26. The van der Waals surface area contributed by atoms with E-state index in [9.17, 15) is 9.18 Å². The molecule has 124 valence electrons. The van der Waals surface area contributed by atoms with Crippen LogP contribution < -0.4 is 5.32 Å². The summed E-state index contributed by atoms with van der Waals surface area (Å²) in [5.74, 6) is -0.697. The van der Waals surface area contributed by atoms with Crippen molar-refractivity contribution in [3.8, 4) is 5.69 Å². The van der Waals surface area contributed by atoms with Gasteiger partial charge in [-0.1, -0.05) is 0 Å². The van der Waals surface area contributed by atoms with Gasteiger partial charge in [0.25, 0.3) is 5.91 Å². The Balaban J connectivity index is 2.13. The Hall–Kier alpha value is -2.25. The molecule has 0 spiro atoms. The number of ether oxygens (including phenoxy) is 1. The van der Waals surface area contributed by atoms with Crippen LogP contribution in [0.4, 0.5) is 4.39 Å². The minimum atomic E-state index is -0.680. The number of benzene rings is 1. The number of aromatic nitrogens is 2. The third-order valence-corrected chi connectivity index (χ3v) is 3.45. The van der Waals surface area contributed by atoms with Crippen molar-refractivity contribution in [3.05, 3.63) is 48.0 Å². The van der Waals surface area contributed by atoms with E-state index >= 15 is 0 Å². The van der Waals surface area contributed by atoms with E-state index in [1.165, 1.54) is 23.9 Å². The monoisotopic (exact) mass is 321 g/mol. The van der Waals surface area contributed by atoms with Crippen molar-refractivity contribution in [1.29, 1.82) is 0 Å². The zero-order valence-corrected chi connectivity index (χ0v) is 13.1. The van der Waals surface area contributed by atoms with Gasteiger partial charge in [-0.05, 0) is 43.7 Å². The smallest absolute Gasteiger partial charge is 0.272 e. The zero-order valence-electron chi connectivity index (χ0n) is 13.1. The van der Waals surface area contributed by atoms with E-state index in [2.05, 4.69) is 10.4 Å². The Morgan fingerprint density at radius 2 is 2.09 bits per heavy atom. The lowest BCUT2D eigenvalue weighted by atomic mass is 9.99. The van der Waals surface area contributed by atoms with Crippen LogP contribution in [0.15, 0.2) is 36.5 Å². The number of carbonyl (C=O) groups excluding carboxylic acids is 1. The maximum absolute atomic E-state index is 12.9. The molecule has 2 N–H and O–H groups in total. The summed E-state index contributed by atoms with van der Waals surface area (Å²) in [6.07, 6.45) is 1.99. The van der Waals surface area contributed by atoms with Crippen LogP contribution >= 0.6 is 0 Å². The first-order valence-electron chi connectivity index (χ1n) is 7.21. The molecule has 6 nitrogen and oxygen atoms in total. The predicted molar refractivity (Wildman–Crippen MR) is 83.0 cm³/mol. The Morgan fingerprint density at radius 1 is 1.39 bits per heavy atom. The second-order valence-corrected chi connectivity index (χ2v) is 5.54. The summed E-state index contributed by atoms with van der Waals surface area (Å²) in [7, 11) is 1.53. The second-order valence-electron chi connectivity index (χ2n) is 5.54. The third kappa shape index (κ3) is 4.37. The fourth-order valence-corrected chi connectivity index (χ4v) is 2.26. The lowest BCUT2D eigenvalue weighted by Gasteiger charge is -2.29. The van der Waals surface area contributed by atoms with Crippen LogP contribution in [0.5, 0.6) is 0 Å². The molecule has 0 aliphatic rings. The minimum absolute atomic E-state index is 0.0653. The molecule has 0 saturated heterocycles. The molecule has 0 fully saturated rings. The molecule has 0 bridgehead atoms. The van der Waals surface area contributed by atoms with E-state index in [0.29, 0.717) is 12.1 Å².